The summed E-state index contributed by atoms with van der Waals surface area (Å²) in [5, 5.41) is 0. The minimum atomic E-state index is 0.371. The van der Waals surface area contributed by atoms with Crippen LogP contribution in [0.1, 0.15) is 43.9 Å². The summed E-state index contributed by atoms with van der Waals surface area (Å²) in [6.45, 7) is 9.59. The van der Waals surface area contributed by atoms with Crippen molar-refractivity contribution in [1.82, 2.24) is 4.90 Å². The highest BCUT2D eigenvalue weighted by molar-refractivity contribution is 5.29. The van der Waals surface area contributed by atoms with E-state index in [0.717, 1.165) is 13.1 Å². The van der Waals surface area contributed by atoms with Crippen LogP contribution in [-0.2, 0) is 0 Å². The summed E-state index contributed by atoms with van der Waals surface area (Å²) in [5.41, 5.74) is 8.73. The van der Waals surface area contributed by atoms with Crippen molar-refractivity contribution in [2.45, 2.75) is 39.7 Å². The molecule has 1 unspecified atom stereocenters. The highest BCUT2D eigenvalue weighted by atomic mass is 15.2. The standard InChI is InChI=1S/C15H26N2/c1-4-10-17(11-5-2)15(12-16)14-9-7-6-8-13(14)3/h6-9,15H,4-5,10-12,16H2,1-3H3. The lowest BCUT2D eigenvalue weighted by atomic mass is 9.99. The molecule has 0 aliphatic heterocycles. The Hall–Kier alpha value is -0.860. The van der Waals surface area contributed by atoms with E-state index in [4.69, 9.17) is 5.73 Å². The van der Waals surface area contributed by atoms with Crippen LogP contribution in [0.5, 0.6) is 0 Å². The molecule has 1 atom stereocenters. The van der Waals surface area contributed by atoms with Gasteiger partial charge < -0.3 is 5.73 Å². The zero-order valence-electron chi connectivity index (χ0n) is 11.4. The van der Waals surface area contributed by atoms with Crippen LogP contribution in [-0.4, -0.2) is 24.5 Å². The number of hydrogen-bond donors (Lipinski definition) is 1. The maximum Gasteiger partial charge on any atom is 0.0473 e. The van der Waals surface area contributed by atoms with Gasteiger partial charge in [-0.3, -0.25) is 4.90 Å². The van der Waals surface area contributed by atoms with Gasteiger partial charge in [-0.25, -0.2) is 0 Å². The SMILES string of the molecule is CCCN(CCC)C(CN)c1ccccc1C. The lowest BCUT2D eigenvalue weighted by Crippen LogP contribution is -2.35. The Bertz CT molecular complexity index is 316. The van der Waals surface area contributed by atoms with Gasteiger partial charge in [0.15, 0.2) is 0 Å². The minimum absolute atomic E-state index is 0.371. The van der Waals surface area contributed by atoms with E-state index in [1.54, 1.807) is 0 Å². The van der Waals surface area contributed by atoms with Crippen molar-refractivity contribution in [3.05, 3.63) is 35.4 Å². The summed E-state index contributed by atoms with van der Waals surface area (Å²) in [7, 11) is 0. The lowest BCUT2D eigenvalue weighted by Gasteiger charge is -2.31. The second-order valence-corrected chi connectivity index (χ2v) is 4.64. The van der Waals surface area contributed by atoms with E-state index in [-0.39, 0.29) is 0 Å². The first-order valence-corrected chi connectivity index (χ1v) is 6.74. The van der Waals surface area contributed by atoms with Gasteiger partial charge in [0, 0.05) is 12.6 Å². The van der Waals surface area contributed by atoms with Gasteiger partial charge in [0.1, 0.15) is 0 Å². The lowest BCUT2D eigenvalue weighted by molar-refractivity contribution is 0.201. The average molecular weight is 234 g/mol. The predicted octanol–water partition coefficient (Wildman–Crippen LogP) is 3.12. The zero-order valence-corrected chi connectivity index (χ0v) is 11.4. The van der Waals surface area contributed by atoms with E-state index >= 15 is 0 Å². The van der Waals surface area contributed by atoms with E-state index < -0.39 is 0 Å². The molecule has 0 aliphatic rings. The molecule has 0 saturated heterocycles. The fraction of sp³-hybridized carbons (Fsp3) is 0.600. The number of benzene rings is 1. The van der Waals surface area contributed by atoms with E-state index in [2.05, 4.69) is 49.9 Å². The van der Waals surface area contributed by atoms with Gasteiger partial charge in [-0.05, 0) is 44.0 Å². The van der Waals surface area contributed by atoms with Gasteiger partial charge >= 0.3 is 0 Å². The molecule has 0 heterocycles. The molecule has 96 valence electrons. The molecule has 2 heteroatoms. The normalized spacial score (nSPS) is 13.0. The minimum Gasteiger partial charge on any atom is -0.329 e. The van der Waals surface area contributed by atoms with Crippen molar-refractivity contribution in [2.75, 3.05) is 19.6 Å². The zero-order chi connectivity index (χ0) is 12.7. The van der Waals surface area contributed by atoms with Crippen molar-refractivity contribution in [1.29, 1.82) is 0 Å². The van der Waals surface area contributed by atoms with Gasteiger partial charge in [0.05, 0.1) is 0 Å². The van der Waals surface area contributed by atoms with E-state index in [1.165, 1.54) is 24.0 Å². The van der Waals surface area contributed by atoms with Crippen LogP contribution < -0.4 is 5.73 Å². The van der Waals surface area contributed by atoms with Crippen LogP contribution >= 0.6 is 0 Å². The molecule has 0 aliphatic carbocycles. The van der Waals surface area contributed by atoms with Crippen LogP contribution in [0.3, 0.4) is 0 Å². The molecular weight excluding hydrogens is 208 g/mol. The van der Waals surface area contributed by atoms with Crippen molar-refractivity contribution in [3.63, 3.8) is 0 Å². The van der Waals surface area contributed by atoms with Gasteiger partial charge in [0.2, 0.25) is 0 Å². The molecule has 1 aromatic rings. The number of nitrogens with two attached hydrogens (primary N) is 1. The van der Waals surface area contributed by atoms with Crippen molar-refractivity contribution in [2.24, 2.45) is 5.73 Å². The van der Waals surface area contributed by atoms with Crippen LogP contribution in [0.15, 0.2) is 24.3 Å². The smallest absolute Gasteiger partial charge is 0.0473 e. The number of nitrogens with zero attached hydrogens (tertiary/aromatic N) is 1. The van der Waals surface area contributed by atoms with Crippen LogP contribution in [0.2, 0.25) is 0 Å². The van der Waals surface area contributed by atoms with Gasteiger partial charge in [0.25, 0.3) is 0 Å². The van der Waals surface area contributed by atoms with Crippen LogP contribution in [0.4, 0.5) is 0 Å². The molecule has 17 heavy (non-hydrogen) atoms. The second kappa shape index (κ2) is 7.46. The van der Waals surface area contributed by atoms with Gasteiger partial charge in [-0.1, -0.05) is 38.1 Å². The molecule has 0 saturated carbocycles. The summed E-state index contributed by atoms with van der Waals surface area (Å²) in [5.74, 6) is 0. The second-order valence-electron chi connectivity index (χ2n) is 4.64. The molecule has 1 rings (SSSR count). The van der Waals surface area contributed by atoms with Crippen molar-refractivity contribution in [3.8, 4) is 0 Å². The number of aryl methyl sites for hydroxylation is 1. The Balaban J connectivity index is 2.91. The van der Waals surface area contributed by atoms with Crippen molar-refractivity contribution >= 4 is 0 Å². The molecule has 0 radical (unpaired) electrons. The van der Waals surface area contributed by atoms with E-state index in [9.17, 15) is 0 Å². The molecular formula is C15H26N2. The Morgan fingerprint density at radius 1 is 1.12 bits per heavy atom. The first-order valence-electron chi connectivity index (χ1n) is 6.74. The maximum atomic E-state index is 5.99. The summed E-state index contributed by atoms with van der Waals surface area (Å²) in [6.07, 6.45) is 2.37. The average Bonchev–Trinajstić information content (AvgIpc) is 2.33. The van der Waals surface area contributed by atoms with E-state index in [1.807, 2.05) is 0 Å². The third-order valence-electron chi connectivity index (χ3n) is 3.23. The first-order chi connectivity index (χ1) is 8.24. The third kappa shape index (κ3) is 3.83. The molecule has 2 N–H and O–H groups in total. The molecule has 0 spiro atoms. The predicted molar refractivity (Wildman–Crippen MR) is 75.1 cm³/mol. The molecule has 0 aromatic heterocycles. The summed E-state index contributed by atoms with van der Waals surface area (Å²) in [4.78, 5) is 2.52. The Morgan fingerprint density at radius 2 is 1.71 bits per heavy atom. The number of hydrogen-bond acceptors (Lipinski definition) is 2. The largest absolute Gasteiger partial charge is 0.329 e. The maximum absolute atomic E-state index is 5.99. The third-order valence-corrected chi connectivity index (χ3v) is 3.23. The Kier molecular flexibility index (Phi) is 6.23. The topological polar surface area (TPSA) is 29.3 Å². The van der Waals surface area contributed by atoms with Gasteiger partial charge in [-0.15, -0.1) is 0 Å². The summed E-state index contributed by atoms with van der Waals surface area (Å²) in [6, 6.07) is 8.97. The van der Waals surface area contributed by atoms with Crippen LogP contribution in [0, 0.1) is 6.92 Å². The van der Waals surface area contributed by atoms with Crippen LogP contribution in [0.25, 0.3) is 0 Å². The highest BCUT2D eigenvalue weighted by Crippen LogP contribution is 2.23. The highest BCUT2D eigenvalue weighted by Gasteiger charge is 2.18. The first kappa shape index (κ1) is 14.2. The fourth-order valence-electron chi connectivity index (χ4n) is 2.43. The quantitative estimate of drug-likeness (QED) is 0.785. The molecule has 0 amide bonds. The fourth-order valence-corrected chi connectivity index (χ4v) is 2.43. The monoisotopic (exact) mass is 234 g/mol. The summed E-state index contributed by atoms with van der Waals surface area (Å²) >= 11 is 0. The molecule has 2 nitrogen and oxygen atoms in total. The van der Waals surface area contributed by atoms with Gasteiger partial charge in [-0.2, -0.15) is 0 Å². The van der Waals surface area contributed by atoms with E-state index in [0.29, 0.717) is 12.6 Å². The summed E-state index contributed by atoms with van der Waals surface area (Å²) < 4.78 is 0. The molecule has 1 aromatic carbocycles. The number of rotatable bonds is 7. The Labute approximate surface area is 106 Å². The van der Waals surface area contributed by atoms with Crippen molar-refractivity contribution < 1.29 is 0 Å². The molecule has 0 bridgehead atoms. The Morgan fingerprint density at radius 3 is 2.18 bits per heavy atom. The molecule has 0 fully saturated rings.